The third kappa shape index (κ3) is 3.43. The highest BCUT2D eigenvalue weighted by atomic mass is 16.5. The summed E-state index contributed by atoms with van der Waals surface area (Å²) < 4.78 is 5.69. The number of carbonyl (C=O) groups excluding carboxylic acids is 3. The first-order chi connectivity index (χ1) is 14.5. The number of hydrogen-bond donors (Lipinski definition) is 1. The molecule has 0 saturated carbocycles. The van der Waals surface area contributed by atoms with E-state index in [4.69, 9.17) is 4.74 Å². The van der Waals surface area contributed by atoms with Gasteiger partial charge >= 0.3 is 0 Å². The second kappa shape index (κ2) is 7.83. The molecule has 4 rings (SSSR count). The maximum absolute atomic E-state index is 13.0. The van der Waals surface area contributed by atoms with Gasteiger partial charge in [0.25, 0.3) is 17.7 Å². The average molecular weight is 400 g/mol. The fraction of sp³-hybridized carbons (Fsp3) is 0.125. The van der Waals surface area contributed by atoms with Gasteiger partial charge in [0.05, 0.1) is 22.5 Å². The summed E-state index contributed by atoms with van der Waals surface area (Å²) in [6.07, 6.45) is 0. The van der Waals surface area contributed by atoms with E-state index in [0.717, 1.165) is 16.0 Å². The zero-order chi connectivity index (χ0) is 21.3. The Balaban J connectivity index is 1.55. The molecule has 0 aromatic heterocycles. The monoisotopic (exact) mass is 400 g/mol. The molecule has 3 aromatic carbocycles. The first kappa shape index (κ1) is 19.4. The summed E-state index contributed by atoms with van der Waals surface area (Å²) in [5, 5.41) is 2.71. The van der Waals surface area contributed by atoms with Gasteiger partial charge in [-0.15, -0.1) is 0 Å². The van der Waals surface area contributed by atoms with E-state index in [-0.39, 0.29) is 17.7 Å². The van der Waals surface area contributed by atoms with Gasteiger partial charge < -0.3 is 10.1 Å². The minimum atomic E-state index is -0.465. The lowest BCUT2D eigenvalue weighted by molar-refractivity contribution is -0.118. The van der Waals surface area contributed by atoms with E-state index in [1.807, 2.05) is 38.1 Å². The Morgan fingerprint density at radius 3 is 2.23 bits per heavy atom. The Hall–Kier alpha value is -3.93. The fourth-order valence-corrected chi connectivity index (χ4v) is 3.55. The largest absolute Gasteiger partial charge is 0.483 e. The lowest BCUT2D eigenvalue weighted by atomic mass is 10.1. The predicted molar refractivity (Wildman–Crippen MR) is 114 cm³/mol. The SMILES string of the molecule is Cc1cccc(C)c1OCC(=O)Nc1cccc2c1C(=O)N(c1ccccc1)C2=O. The number of anilines is 2. The minimum absolute atomic E-state index is 0.187. The summed E-state index contributed by atoms with van der Waals surface area (Å²) in [7, 11) is 0. The predicted octanol–water partition coefficient (Wildman–Crippen LogP) is 4.12. The van der Waals surface area contributed by atoms with Crippen molar-refractivity contribution in [2.75, 3.05) is 16.8 Å². The van der Waals surface area contributed by atoms with E-state index in [1.165, 1.54) is 0 Å². The summed E-state index contributed by atoms with van der Waals surface area (Å²) in [6, 6.07) is 19.3. The standard InChI is InChI=1S/C24H20N2O4/c1-15-8-6-9-16(2)22(15)30-14-20(27)25-19-13-7-12-18-21(19)24(29)26(23(18)28)17-10-4-3-5-11-17/h3-13H,14H2,1-2H3,(H,25,27). The van der Waals surface area contributed by atoms with E-state index in [0.29, 0.717) is 17.1 Å². The molecular weight excluding hydrogens is 380 g/mol. The molecule has 1 aliphatic heterocycles. The van der Waals surface area contributed by atoms with Crippen molar-refractivity contribution in [1.82, 2.24) is 0 Å². The normalized spacial score (nSPS) is 12.7. The van der Waals surface area contributed by atoms with Crippen LogP contribution in [0.15, 0.2) is 66.7 Å². The second-order valence-electron chi connectivity index (χ2n) is 7.07. The number of rotatable bonds is 5. The fourth-order valence-electron chi connectivity index (χ4n) is 3.55. The highest BCUT2D eigenvalue weighted by Crippen LogP contribution is 2.32. The van der Waals surface area contributed by atoms with Crippen LogP contribution < -0.4 is 15.0 Å². The molecule has 0 spiro atoms. The van der Waals surface area contributed by atoms with Crippen LogP contribution >= 0.6 is 0 Å². The highest BCUT2D eigenvalue weighted by molar-refractivity contribution is 6.36. The zero-order valence-electron chi connectivity index (χ0n) is 16.6. The molecule has 3 amide bonds. The van der Waals surface area contributed by atoms with E-state index in [1.54, 1.807) is 42.5 Å². The average Bonchev–Trinajstić information content (AvgIpc) is 2.99. The van der Waals surface area contributed by atoms with Crippen LogP contribution in [0, 0.1) is 13.8 Å². The van der Waals surface area contributed by atoms with Gasteiger partial charge in [-0.1, -0.05) is 42.5 Å². The van der Waals surface area contributed by atoms with E-state index < -0.39 is 17.7 Å². The quantitative estimate of drug-likeness (QED) is 0.654. The highest BCUT2D eigenvalue weighted by Gasteiger charge is 2.38. The third-order valence-corrected chi connectivity index (χ3v) is 4.96. The van der Waals surface area contributed by atoms with Crippen LogP contribution in [0.4, 0.5) is 11.4 Å². The molecule has 150 valence electrons. The first-order valence-corrected chi connectivity index (χ1v) is 9.53. The molecule has 1 heterocycles. The Labute approximate surface area is 174 Å². The lowest BCUT2D eigenvalue weighted by Crippen LogP contribution is -2.29. The van der Waals surface area contributed by atoms with Crippen LogP contribution in [-0.2, 0) is 4.79 Å². The molecule has 0 bridgehead atoms. The van der Waals surface area contributed by atoms with Gasteiger partial charge in [0, 0.05) is 0 Å². The molecule has 0 fully saturated rings. The number of carbonyl (C=O) groups is 3. The minimum Gasteiger partial charge on any atom is -0.483 e. The van der Waals surface area contributed by atoms with Crippen LogP contribution in [0.2, 0.25) is 0 Å². The molecule has 3 aromatic rings. The number of imide groups is 1. The van der Waals surface area contributed by atoms with E-state index in [9.17, 15) is 14.4 Å². The summed E-state index contributed by atoms with van der Waals surface area (Å²) >= 11 is 0. The van der Waals surface area contributed by atoms with Gasteiger partial charge in [-0.05, 0) is 49.2 Å². The molecule has 6 nitrogen and oxygen atoms in total. The number of nitrogens with one attached hydrogen (secondary N) is 1. The molecular formula is C24H20N2O4. The molecule has 0 radical (unpaired) electrons. The number of ether oxygens (including phenoxy) is 1. The molecule has 1 N–H and O–H groups in total. The van der Waals surface area contributed by atoms with Crippen molar-refractivity contribution < 1.29 is 19.1 Å². The second-order valence-corrected chi connectivity index (χ2v) is 7.07. The summed E-state index contributed by atoms with van der Waals surface area (Å²) in [5.74, 6) is -0.631. The maximum Gasteiger partial charge on any atom is 0.268 e. The molecule has 0 aliphatic carbocycles. The number of amides is 3. The number of fused-ring (bicyclic) bond motifs is 1. The molecule has 0 saturated heterocycles. The Kier molecular flexibility index (Phi) is 5.06. The summed E-state index contributed by atoms with van der Waals surface area (Å²) in [5.41, 5.74) is 3.09. The van der Waals surface area contributed by atoms with Gasteiger partial charge in [-0.25, -0.2) is 4.90 Å². The van der Waals surface area contributed by atoms with Crippen LogP contribution in [0.5, 0.6) is 5.75 Å². The molecule has 0 unspecified atom stereocenters. The zero-order valence-corrected chi connectivity index (χ0v) is 16.6. The van der Waals surface area contributed by atoms with E-state index >= 15 is 0 Å². The Morgan fingerprint density at radius 2 is 1.53 bits per heavy atom. The molecule has 6 heteroatoms. The van der Waals surface area contributed by atoms with Gasteiger partial charge in [-0.3, -0.25) is 14.4 Å². The van der Waals surface area contributed by atoms with Crippen molar-refractivity contribution in [2.24, 2.45) is 0 Å². The van der Waals surface area contributed by atoms with Crippen LogP contribution in [0.25, 0.3) is 0 Å². The van der Waals surface area contributed by atoms with Crippen LogP contribution in [-0.4, -0.2) is 24.3 Å². The number of nitrogens with zero attached hydrogens (tertiary/aromatic N) is 1. The summed E-state index contributed by atoms with van der Waals surface area (Å²) in [6.45, 7) is 3.61. The van der Waals surface area contributed by atoms with Crippen molar-refractivity contribution in [2.45, 2.75) is 13.8 Å². The number of aryl methyl sites for hydroxylation is 2. The van der Waals surface area contributed by atoms with Gasteiger partial charge in [0.1, 0.15) is 5.75 Å². The molecule has 30 heavy (non-hydrogen) atoms. The molecule has 1 aliphatic rings. The summed E-state index contributed by atoms with van der Waals surface area (Å²) in [4.78, 5) is 39.4. The lowest BCUT2D eigenvalue weighted by Gasteiger charge is -2.14. The van der Waals surface area contributed by atoms with Crippen molar-refractivity contribution in [1.29, 1.82) is 0 Å². The number of benzene rings is 3. The number of para-hydroxylation sites is 2. The van der Waals surface area contributed by atoms with Crippen molar-refractivity contribution >= 4 is 29.1 Å². The number of hydrogen-bond acceptors (Lipinski definition) is 4. The van der Waals surface area contributed by atoms with Crippen molar-refractivity contribution in [3.63, 3.8) is 0 Å². The van der Waals surface area contributed by atoms with Gasteiger partial charge in [0.15, 0.2) is 6.61 Å². The third-order valence-electron chi connectivity index (χ3n) is 4.96. The van der Waals surface area contributed by atoms with Gasteiger partial charge in [-0.2, -0.15) is 0 Å². The maximum atomic E-state index is 13.0. The van der Waals surface area contributed by atoms with E-state index in [2.05, 4.69) is 5.32 Å². The van der Waals surface area contributed by atoms with Gasteiger partial charge in [0.2, 0.25) is 0 Å². The van der Waals surface area contributed by atoms with Crippen LogP contribution in [0.1, 0.15) is 31.8 Å². The van der Waals surface area contributed by atoms with Crippen molar-refractivity contribution in [3.8, 4) is 5.75 Å². The van der Waals surface area contributed by atoms with Crippen molar-refractivity contribution in [3.05, 3.63) is 89.0 Å². The Morgan fingerprint density at radius 1 is 0.867 bits per heavy atom. The van der Waals surface area contributed by atoms with Crippen LogP contribution in [0.3, 0.4) is 0 Å². The topological polar surface area (TPSA) is 75.7 Å². The molecule has 0 atom stereocenters. The first-order valence-electron chi connectivity index (χ1n) is 9.53. The Bertz CT molecular complexity index is 1130. The smallest absolute Gasteiger partial charge is 0.268 e.